The standard InChI is InChI=1S/C57H57N12.2C2H3N.ClH.Co.4F6P.H2O/c1-4-46-49(37-67-28-25-64(40-67)34-43-16-19-55(61-31-43)52-13-7-10-22-58-52)47(5-2)51(39-69-30-27-66(42-69)36-45-18-21-57(63-33-45)54-15-9-12-24-60-54)48(6-3)50(46)38-68-29-26-65(41-68)35-44-17-20-56(62-32-44)53-14-8-11-23-59-53;2*1-2-3;;;4*1-7(2,3,4,5)6;/h7-33,40-42H,4-6,34-39H2,1-3H3;2*1H3;1H;;;;;;1H2/q+3;;;;+2;4*-1;/p-1. The zero-order valence-electron chi connectivity index (χ0n) is 55.5. The minimum absolute atomic E-state index is 0. The zero-order valence-corrected chi connectivity index (χ0v) is 60.9. The maximum atomic E-state index is 9.87. The van der Waals surface area contributed by atoms with Gasteiger partial charge in [-0.1, -0.05) is 57.2 Å². The van der Waals surface area contributed by atoms with Crippen LogP contribution in [-0.2, 0) is 75.3 Å². The third-order valence-electron chi connectivity index (χ3n) is 12.9. The first kappa shape index (κ1) is 95.5. The number of benzene rings is 1. The van der Waals surface area contributed by atoms with E-state index < -0.39 is 31.2 Å². The van der Waals surface area contributed by atoms with Crippen molar-refractivity contribution >= 4 is 31.2 Å². The normalized spacial score (nSPS) is 13.7. The van der Waals surface area contributed by atoms with Crippen molar-refractivity contribution in [3.05, 3.63) is 234 Å². The van der Waals surface area contributed by atoms with Gasteiger partial charge < -0.3 is 17.9 Å². The van der Waals surface area contributed by atoms with Gasteiger partial charge >= 0.3 is 149 Å². The van der Waals surface area contributed by atoms with E-state index >= 15 is 0 Å². The first-order valence-electron chi connectivity index (χ1n) is 29.4. The van der Waals surface area contributed by atoms with E-state index in [4.69, 9.17) is 25.5 Å². The maximum Gasteiger partial charge on any atom is 2.00 e. The second-order valence-electron chi connectivity index (χ2n) is 21.8. The molecular weight excluding hydrogens is 1620 g/mol. The molecule has 0 atom stereocenters. The first-order chi connectivity index (χ1) is 46.6. The smallest absolute Gasteiger partial charge is 1.00 e. The van der Waals surface area contributed by atoms with Crippen molar-refractivity contribution in [1.82, 2.24) is 43.6 Å². The number of pyridine rings is 6. The molecule has 2 N–H and O–H groups in total. The summed E-state index contributed by atoms with van der Waals surface area (Å²) in [6.07, 6.45) is 34.0. The summed E-state index contributed by atoms with van der Waals surface area (Å²) in [4.78, 5) is 27.6. The predicted molar refractivity (Wildman–Crippen MR) is 346 cm³/mol. The van der Waals surface area contributed by atoms with Crippen molar-refractivity contribution in [3.63, 3.8) is 0 Å². The van der Waals surface area contributed by atoms with Crippen LogP contribution in [0.4, 0.5) is 101 Å². The molecule has 0 fully saturated rings. The number of imidazole rings is 3. The molecule has 0 spiro atoms. The van der Waals surface area contributed by atoms with Crippen molar-refractivity contribution in [2.24, 2.45) is 0 Å². The van der Waals surface area contributed by atoms with Crippen LogP contribution >= 0.6 is 31.2 Å². The second kappa shape index (κ2) is 33.8. The average molecular weight is 1680 g/mol. The van der Waals surface area contributed by atoms with E-state index in [1.807, 2.05) is 73.2 Å². The van der Waals surface area contributed by atoms with Crippen LogP contribution in [0.1, 0.15) is 84.7 Å². The molecule has 0 unspecified atom stereocenters. The minimum atomic E-state index is -10.7. The summed E-state index contributed by atoms with van der Waals surface area (Å²) in [6, 6.07) is 33.9. The van der Waals surface area contributed by atoms with Crippen molar-refractivity contribution in [1.29, 1.82) is 10.5 Å². The fraction of sp³-hybridized carbons (Fsp3) is 0.230. The van der Waals surface area contributed by atoms with Gasteiger partial charge in [-0.25, -0.2) is 27.4 Å². The molecule has 0 amide bonds. The Bertz CT molecular complexity index is 3990. The van der Waals surface area contributed by atoms with Gasteiger partial charge in [0.15, 0.2) is 0 Å². The van der Waals surface area contributed by atoms with Crippen LogP contribution in [0.15, 0.2) is 184 Å². The Kier molecular flexibility index (Phi) is 30.4. The third-order valence-corrected chi connectivity index (χ3v) is 12.9. The van der Waals surface area contributed by atoms with Crippen molar-refractivity contribution in [2.75, 3.05) is 0 Å². The quantitative estimate of drug-likeness (QED) is 0.0462. The van der Waals surface area contributed by atoms with E-state index in [9.17, 15) is 101 Å². The minimum Gasteiger partial charge on any atom is -1.00 e. The molecular formula is C61H65ClCoF24N14OP4. The summed E-state index contributed by atoms with van der Waals surface area (Å²) >= 11 is 0. The molecule has 45 heteroatoms. The summed E-state index contributed by atoms with van der Waals surface area (Å²) in [5.41, 5.74) is 17.3. The van der Waals surface area contributed by atoms with E-state index in [-0.39, 0.29) is 34.7 Å². The van der Waals surface area contributed by atoms with Crippen LogP contribution in [0.2, 0.25) is 0 Å². The fourth-order valence-electron chi connectivity index (χ4n) is 9.55. The van der Waals surface area contributed by atoms with Gasteiger partial charge in [0.1, 0.15) is 76.4 Å². The zero-order chi connectivity index (χ0) is 78.0. The number of rotatable bonds is 18. The van der Waals surface area contributed by atoms with Crippen LogP contribution in [-0.4, -0.2) is 49.1 Å². The summed E-state index contributed by atoms with van der Waals surface area (Å²) in [6.45, 7) is 14.3. The Morgan fingerprint density at radius 3 is 0.698 bits per heavy atom. The van der Waals surface area contributed by atoms with Crippen LogP contribution in [0, 0.1) is 22.7 Å². The van der Waals surface area contributed by atoms with E-state index in [0.717, 1.165) is 109 Å². The molecule has 15 nitrogen and oxygen atoms in total. The van der Waals surface area contributed by atoms with Gasteiger partial charge in [0.2, 0.25) is 19.0 Å². The second-order valence-corrected chi connectivity index (χ2v) is 29.5. The molecule has 0 aliphatic heterocycles. The molecule has 9 aromatic heterocycles. The van der Waals surface area contributed by atoms with E-state index in [1.54, 1.807) is 30.7 Å². The summed E-state index contributed by atoms with van der Waals surface area (Å²) in [5.74, 6) is 0. The molecule has 589 valence electrons. The maximum absolute atomic E-state index is 10.7. The van der Waals surface area contributed by atoms with E-state index in [0.29, 0.717) is 0 Å². The Labute approximate surface area is 605 Å². The Hall–Kier alpha value is -8.47. The van der Waals surface area contributed by atoms with Gasteiger partial charge in [0.25, 0.3) is 0 Å². The third kappa shape index (κ3) is 44.5. The van der Waals surface area contributed by atoms with Crippen LogP contribution < -0.4 is 26.1 Å². The molecule has 9 heterocycles. The molecule has 10 rings (SSSR count). The van der Waals surface area contributed by atoms with Gasteiger partial charge in [0, 0.05) is 84.4 Å². The predicted octanol–water partition coefficient (Wildman–Crippen LogP) is 19.1. The van der Waals surface area contributed by atoms with E-state index in [2.05, 4.69) is 156 Å². The molecule has 0 aliphatic carbocycles. The Balaban J connectivity index is 0.00000127. The molecule has 1 aromatic carbocycles. The van der Waals surface area contributed by atoms with Crippen LogP contribution in [0.5, 0.6) is 0 Å². The summed E-state index contributed by atoms with van der Waals surface area (Å²) in [7, 11) is -42.6. The van der Waals surface area contributed by atoms with Crippen molar-refractivity contribution in [3.8, 4) is 46.3 Å². The summed E-state index contributed by atoms with van der Waals surface area (Å²) in [5, 5.41) is 14.6. The number of aromatic nitrogens is 12. The topological polar surface area (TPSA) is 183 Å². The molecule has 0 saturated heterocycles. The molecule has 10 aromatic rings. The average Bonchev–Trinajstić information content (AvgIpc) is 1.04. The van der Waals surface area contributed by atoms with Gasteiger partial charge in [-0.2, -0.15) is 10.5 Å². The number of nitriles is 2. The number of halogens is 25. The van der Waals surface area contributed by atoms with Gasteiger partial charge in [-0.05, 0) is 90.6 Å². The van der Waals surface area contributed by atoms with Crippen LogP contribution in [0.3, 0.4) is 0 Å². The number of hydrogen-bond donors (Lipinski definition) is 0. The molecule has 106 heavy (non-hydrogen) atoms. The first-order valence-corrected chi connectivity index (χ1v) is 37.5. The molecule has 0 saturated carbocycles. The monoisotopic (exact) mass is 1680 g/mol. The summed E-state index contributed by atoms with van der Waals surface area (Å²) < 4.78 is 251. The molecule has 0 aliphatic rings. The Morgan fingerprint density at radius 1 is 0.340 bits per heavy atom. The van der Waals surface area contributed by atoms with Crippen molar-refractivity contribution < 1.29 is 149 Å². The Morgan fingerprint density at radius 2 is 0.538 bits per heavy atom. The molecule has 1 radical (unpaired) electrons. The van der Waals surface area contributed by atoms with E-state index in [1.165, 1.54) is 47.2 Å². The largest absolute Gasteiger partial charge is 2.00 e. The van der Waals surface area contributed by atoms with Crippen molar-refractivity contribution in [2.45, 2.75) is 93.1 Å². The molecule has 0 bridgehead atoms. The number of hydrogen-bond acceptors (Lipinski definition) is 8. The van der Waals surface area contributed by atoms with Crippen LogP contribution in [0.25, 0.3) is 34.2 Å². The van der Waals surface area contributed by atoms with Gasteiger partial charge in [0.05, 0.1) is 46.3 Å². The number of nitrogens with zero attached hydrogens (tertiary/aromatic N) is 14. The SMILES string of the molecule is CC#N.CC#N.CCc1c(Cn2cc[n+](Cc3ccc(-c4ccccn4)nc3)c2)c(CC)c(Cn2cc[n+](Cc3ccc(-c4ccccn4)nc3)c2)c(CC)c1Cn1cc[n+](Cc2ccc(-c3ccccn3)nc2)c1.F[P-](F)(F)(F)(F)F.F[P-](F)(F)(F)(F)F.F[P-](F)(F)(F)(F)F.F[P-](F)(F)(F)(F)F.O.[Cl-].[Co+2]. The van der Waals surface area contributed by atoms with Gasteiger partial charge in [-0.15, -0.1) is 0 Å². The van der Waals surface area contributed by atoms with Gasteiger partial charge in [-0.3, -0.25) is 29.9 Å². The fourth-order valence-corrected chi connectivity index (χ4v) is 9.55.